The van der Waals surface area contributed by atoms with E-state index in [9.17, 15) is 4.57 Å². The standard InChI is InChI=1S/C25H28NOPSi/c1-21-15-17-22(18-16-21)25(19-20-29(2,3)4)26-28(27,23-11-7-5-8-12-23)24-13-9-6-10-14-24/h5-18,25H,1-4H3,(H,26,27)/t25-/m1/s1. The Balaban J connectivity index is 2.11. The molecule has 0 saturated heterocycles. The molecule has 148 valence electrons. The third-order valence-electron chi connectivity index (χ3n) is 4.55. The van der Waals surface area contributed by atoms with Gasteiger partial charge in [0.1, 0.15) is 8.07 Å². The minimum atomic E-state index is -3.08. The lowest BCUT2D eigenvalue weighted by Crippen LogP contribution is -2.30. The molecular weight excluding hydrogens is 389 g/mol. The van der Waals surface area contributed by atoms with Crippen LogP contribution in [0.15, 0.2) is 84.9 Å². The van der Waals surface area contributed by atoms with E-state index in [2.05, 4.69) is 67.4 Å². The highest BCUT2D eigenvalue weighted by Gasteiger charge is 2.30. The maximum atomic E-state index is 14.4. The highest BCUT2D eigenvalue weighted by molar-refractivity contribution is 7.76. The van der Waals surface area contributed by atoms with Crippen LogP contribution >= 0.6 is 7.29 Å². The summed E-state index contributed by atoms with van der Waals surface area (Å²) in [5, 5.41) is 5.06. The zero-order chi connectivity index (χ0) is 20.9. The first-order valence-electron chi connectivity index (χ1n) is 9.86. The van der Waals surface area contributed by atoms with E-state index in [1.165, 1.54) is 5.56 Å². The highest BCUT2D eigenvalue weighted by atomic mass is 31.2. The SMILES string of the molecule is Cc1ccc([C@@H](C#C[Si](C)(C)C)NP(=O)(c2ccccc2)c2ccccc2)cc1. The van der Waals surface area contributed by atoms with Crippen LogP contribution < -0.4 is 15.7 Å². The van der Waals surface area contributed by atoms with E-state index in [1.807, 2.05) is 60.7 Å². The molecule has 0 spiro atoms. The van der Waals surface area contributed by atoms with Crippen molar-refractivity contribution in [2.45, 2.75) is 32.6 Å². The van der Waals surface area contributed by atoms with Gasteiger partial charge in [0.15, 0.2) is 0 Å². The van der Waals surface area contributed by atoms with Crippen molar-refractivity contribution >= 4 is 26.0 Å². The van der Waals surface area contributed by atoms with Crippen LogP contribution in [0, 0.1) is 18.4 Å². The van der Waals surface area contributed by atoms with Crippen molar-refractivity contribution in [3.8, 4) is 11.5 Å². The van der Waals surface area contributed by atoms with Crippen LogP contribution in [-0.2, 0) is 4.57 Å². The van der Waals surface area contributed by atoms with E-state index in [4.69, 9.17) is 0 Å². The Morgan fingerprint density at radius 3 is 1.72 bits per heavy atom. The quantitative estimate of drug-likeness (QED) is 0.340. The lowest BCUT2D eigenvalue weighted by molar-refractivity contribution is 0.574. The molecule has 0 heterocycles. The predicted octanol–water partition coefficient (Wildman–Crippen LogP) is 5.44. The molecule has 0 amide bonds. The Hall–Kier alpha value is -2.37. The van der Waals surface area contributed by atoms with Gasteiger partial charge in [-0.2, -0.15) is 0 Å². The first kappa shape index (κ1) is 21.3. The second-order valence-electron chi connectivity index (χ2n) is 8.27. The van der Waals surface area contributed by atoms with Crippen LogP contribution in [0.1, 0.15) is 17.2 Å². The molecule has 0 aliphatic rings. The Kier molecular flexibility index (Phi) is 6.60. The Morgan fingerprint density at radius 2 is 1.28 bits per heavy atom. The van der Waals surface area contributed by atoms with Crippen LogP contribution in [0.3, 0.4) is 0 Å². The smallest absolute Gasteiger partial charge is 0.205 e. The van der Waals surface area contributed by atoms with Crippen LogP contribution in [0.25, 0.3) is 0 Å². The number of aryl methyl sites for hydroxylation is 1. The summed E-state index contributed by atoms with van der Waals surface area (Å²) in [5.74, 6) is 3.42. The van der Waals surface area contributed by atoms with Crippen molar-refractivity contribution < 1.29 is 4.57 Å². The molecule has 0 unspecified atom stereocenters. The second kappa shape index (κ2) is 8.97. The number of benzene rings is 3. The summed E-state index contributed by atoms with van der Waals surface area (Å²) in [6.07, 6.45) is 0. The molecule has 29 heavy (non-hydrogen) atoms. The monoisotopic (exact) mass is 417 g/mol. The summed E-state index contributed by atoms with van der Waals surface area (Å²) in [6.45, 7) is 8.74. The van der Waals surface area contributed by atoms with Gasteiger partial charge < -0.3 is 0 Å². The molecule has 0 aliphatic carbocycles. The molecule has 3 aromatic carbocycles. The molecule has 1 N–H and O–H groups in total. The first-order chi connectivity index (χ1) is 13.8. The maximum absolute atomic E-state index is 14.4. The third-order valence-corrected chi connectivity index (χ3v) is 8.12. The van der Waals surface area contributed by atoms with Crippen molar-refractivity contribution in [3.05, 3.63) is 96.1 Å². The lowest BCUT2D eigenvalue weighted by atomic mass is 10.1. The summed E-state index contributed by atoms with van der Waals surface area (Å²) in [5.41, 5.74) is 5.70. The first-order valence-corrected chi connectivity index (χ1v) is 15.1. The fourth-order valence-corrected chi connectivity index (χ4v) is 5.93. The van der Waals surface area contributed by atoms with Crippen LogP contribution in [0.5, 0.6) is 0 Å². The average Bonchev–Trinajstić information content (AvgIpc) is 2.72. The van der Waals surface area contributed by atoms with Crippen molar-refractivity contribution in [2.75, 3.05) is 0 Å². The lowest BCUT2D eigenvalue weighted by Gasteiger charge is -2.25. The van der Waals surface area contributed by atoms with Crippen molar-refractivity contribution in [2.24, 2.45) is 0 Å². The molecule has 0 aromatic heterocycles. The fraction of sp³-hybridized carbons (Fsp3) is 0.200. The van der Waals surface area contributed by atoms with Gasteiger partial charge in [0.2, 0.25) is 7.29 Å². The van der Waals surface area contributed by atoms with E-state index >= 15 is 0 Å². The van der Waals surface area contributed by atoms with Gasteiger partial charge in [0.25, 0.3) is 0 Å². The van der Waals surface area contributed by atoms with Gasteiger partial charge in [0.05, 0.1) is 6.04 Å². The molecule has 0 aliphatic heterocycles. The summed E-state index contributed by atoms with van der Waals surface area (Å²) in [4.78, 5) is 0. The van der Waals surface area contributed by atoms with E-state index in [0.717, 1.165) is 16.2 Å². The molecule has 3 rings (SSSR count). The zero-order valence-electron chi connectivity index (χ0n) is 17.5. The summed E-state index contributed by atoms with van der Waals surface area (Å²) in [6, 6.07) is 27.3. The molecule has 0 radical (unpaired) electrons. The molecule has 0 fully saturated rings. The van der Waals surface area contributed by atoms with Crippen molar-refractivity contribution in [1.82, 2.24) is 5.09 Å². The van der Waals surface area contributed by atoms with Gasteiger partial charge in [-0.1, -0.05) is 91.8 Å². The molecule has 0 saturated carbocycles. The van der Waals surface area contributed by atoms with Gasteiger partial charge in [0, 0.05) is 10.6 Å². The average molecular weight is 418 g/mol. The van der Waals surface area contributed by atoms with Crippen molar-refractivity contribution in [1.29, 1.82) is 0 Å². The minimum absolute atomic E-state index is 0.312. The van der Waals surface area contributed by atoms with Gasteiger partial charge in [-0.25, -0.2) is 5.09 Å². The molecular formula is C25H28NOPSi. The molecule has 0 bridgehead atoms. The minimum Gasteiger partial charge on any atom is -0.296 e. The number of rotatable bonds is 5. The van der Waals surface area contributed by atoms with E-state index in [0.29, 0.717) is 0 Å². The third kappa shape index (κ3) is 5.58. The van der Waals surface area contributed by atoms with Crippen LogP contribution in [-0.4, -0.2) is 8.07 Å². The zero-order valence-corrected chi connectivity index (χ0v) is 19.4. The number of hydrogen-bond donors (Lipinski definition) is 1. The van der Waals surface area contributed by atoms with Gasteiger partial charge in [-0.05, 0) is 36.8 Å². The number of hydrogen-bond acceptors (Lipinski definition) is 1. The predicted molar refractivity (Wildman–Crippen MR) is 128 cm³/mol. The van der Waals surface area contributed by atoms with E-state index in [1.54, 1.807) is 0 Å². The van der Waals surface area contributed by atoms with Gasteiger partial charge >= 0.3 is 0 Å². The number of nitrogens with one attached hydrogen (secondary N) is 1. The summed E-state index contributed by atoms with van der Waals surface area (Å²) in [7, 11) is -4.67. The Bertz CT molecular complexity index is 1000. The molecule has 2 nitrogen and oxygen atoms in total. The normalized spacial score (nSPS) is 12.7. The summed E-state index contributed by atoms with van der Waals surface area (Å²) >= 11 is 0. The molecule has 1 atom stereocenters. The largest absolute Gasteiger partial charge is 0.296 e. The Morgan fingerprint density at radius 1 is 0.793 bits per heavy atom. The van der Waals surface area contributed by atoms with E-state index < -0.39 is 15.4 Å². The van der Waals surface area contributed by atoms with Gasteiger partial charge in [-0.15, -0.1) is 5.54 Å². The Labute approximate surface area is 175 Å². The highest BCUT2D eigenvalue weighted by Crippen LogP contribution is 2.41. The fourth-order valence-electron chi connectivity index (χ4n) is 2.99. The van der Waals surface area contributed by atoms with E-state index in [-0.39, 0.29) is 6.04 Å². The van der Waals surface area contributed by atoms with Crippen LogP contribution in [0.4, 0.5) is 0 Å². The van der Waals surface area contributed by atoms with Crippen LogP contribution in [0.2, 0.25) is 19.6 Å². The summed E-state index contributed by atoms with van der Waals surface area (Å²) < 4.78 is 14.4. The second-order valence-corrected chi connectivity index (χ2v) is 15.5. The maximum Gasteiger partial charge on any atom is 0.205 e. The molecule has 3 aromatic rings. The van der Waals surface area contributed by atoms with Crippen molar-refractivity contribution in [3.63, 3.8) is 0 Å². The van der Waals surface area contributed by atoms with Gasteiger partial charge in [-0.3, -0.25) is 4.57 Å². The molecule has 4 heteroatoms. The topological polar surface area (TPSA) is 29.1 Å².